The second-order valence-corrected chi connectivity index (χ2v) is 5.87. The van der Waals surface area contributed by atoms with Gasteiger partial charge in [0.05, 0.1) is 0 Å². The van der Waals surface area contributed by atoms with Gasteiger partial charge in [-0.05, 0) is 30.4 Å². The van der Waals surface area contributed by atoms with Crippen molar-refractivity contribution in [2.24, 2.45) is 0 Å². The molecule has 0 bridgehead atoms. The second-order valence-electron chi connectivity index (χ2n) is 4.86. The van der Waals surface area contributed by atoms with Gasteiger partial charge in [0.15, 0.2) is 0 Å². The van der Waals surface area contributed by atoms with Crippen LogP contribution >= 0.6 is 11.8 Å². The molecule has 0 fully saturated rings. The van der Waals surface area contributed by atoms with E-state index >= 15 is 0 Å². The van der Waals surface area contributed by atoms with Gasteiger partial charge in [0.25, 0.3) is 0 Å². The fraction of sp³-hybridized carbons (Fsp3) is 0.875. The topological polar surface area (TPSA) is 0 Å². The molecule has 0 spiro atoms. The molecule has 0 aliphatic heterocycles. The molecule has 0 saturated heterocycles. The summed E-state index contributed by atoms with van der Waals surface area (Å²) in [5.74, 6) is 1.30. The number of hydrogen-bond donors (Lipinski definition) is 0. The summed E-state index contributed by atoms with van der Waals surface area (Å²) in [6.45, 7) is 4.54. The van der Waals surface area contributed by atoms with E-state index in [0.717, 1.165) is 0 Å². The molecule has 0 unspecified atom stereocenters. The van der Waals surface area contributed by atoms with Crippen LogP contribution in [0.3, 0.4) is 0 Å². The maximum atomic E-state index is 2.36. The predicted molar refractivity (Wildman–Crippen MR) is 83.7 cm³/mol. The lowest BCUT2D eigenvalue weighted by Gasteiger charge is -1.99. The van der Waals surface area contributed by atoms with Crippen LogP contribution in [-0.4, -0.2) is 5.75 Å². The van der Waals surface area contributed by atoms with Crippen LogP contribution in [0.25, 0.3) is 0 Å². The van der Waals surface area contributed by atoms with Gasteiger partial charge in [-0.3, -0.25) is 0 Å². The summed E-state index contributed by atoms with van der Waals surface area (Å²) in [6, 6.07) is 0. The number of unbranched alkanes of at least 4 members (excludes halogenated alkanes) is 9. The summed E-state index contributed by atoms with van der Waals surface area (Å²) in [7, 11) is 0. The van der Waals surface area contributed by atoms with Crippen LogP contribution in [-0.2, 0) is 0 Å². The molecule has 0 aliphatic rings. The molecular weight excluding hydrogens is 224 g/mol. The summed E-state index contributed by atoms with van der Waals surface area (Å²) in [6.07, 6.45) is 17.7. The van der Waals surface area contributed by atoms with E-state index < -0.39 is 0 Å². The smallest absolute Gasteiger partial charge is 0.00262 e. The summed E-state index contributed by atoms with van der Waals surface area (Å²) >= 11 is 1.97. The van der Waals surface area contributed by atoms with E-state index in [9.17, 15) is 0 Å². The minimum absolute atomic E-state index is 1.29. The molecule has 0 rings (SSSR count). The van der Waals surface area contributed by atoms with Crippen LogP contribution < -0.4 is 0 Å². The highest BCUT2D eigenvalue weighted by Crippen LogP contribution is 2.11. The van der Waals surface area contributed by atoms with E-state index in [0.29, 0.717) is 0 Å². The molecule has 0 atom stereocenters. The number of rotatable bonds is 13. The van der Waals surface area contributed by atoms with Gasteiger partial charge in [0.1, 0.15) is 0 Å². The highest BCUT2D eigenvalue weighted by molar-refractivity contribution is 8.02. The zero-order valence-corrected chi connectivity index (χ0v) is 12.9. The van der Waals surface area contributed by atoms with Gasteiger partial charge < -0.3 is 0 Å². The van der Waals surface area contributed by atoms with Crippen molar-refractivity contribution in [3.8, 4) is 0 Å². The molecule has 102 valence electrons. The van der Waals surface area contributed by atoms with Gasteiger partial charge in [0, 0.05) is 0 Å². The minimum atomic E-state index is 1.29. The highest BCUT2D eigenvalue weighted by Gasteiger charge is 1.90. The van der Waals surface area contributed by atoms with Crippen molar-refractivity contribution < 1.29 is 0 Å². The molecule has 0 aromatic rings. The summed E-state index contributed by atoms with van der Waals surface area (Å²) in [5, 5.41) is 2.30. The third-order valence-corrected chi connectivity index (χ3v) is 3.94. The first-order chi connectivity index (χ1) is 8.41. The molecule has 0 aliphatic carbocycles. The standard InChI is InChI=1S/C16H32S/c1-3-5-7-8-9-10-11-12-13-14-16-17-15-6-4-2/h14,16H,3-13,15H2,1-2H3/b16-14+. The van der Waals surface area contributed by atoms with E-state index in [1.54, 1.807) is 0 Å². The maximum absolute atomic E-state index is 2.36. The van der Waals surface area contributed by atoms with Crippen molar-refractivity contribution >= 4 is 11.8 Å². The third-order valence-electron chi connectivity index (χ3n) is 3.03. The molecule has 0 N–H and O–H groups in total. The molecule has 0 aromatic heterocycles. The Morgan fingerprint density at radius 3 is 1.94 bits per heavy atom. The van der Waals surface area contributed by atoms with Crippen molar-refractivity contribution in [3.05, 3.63) is 11.5 Å². The van der Waals surface area contributed by atoms with Gasteiger partial charge in [-0.15, -0.1) is 11.8 Å². The van der Waals surface area contributed by atoms with Gasteiger partial charge >= 0.3 is 0 Å². The van der Waals surface area contributed by atoms with Crippen LogP contribution in [0.1, 0.15) is 84.5 Å². The fourth-order valence-corrected chi connectivity index (χ4v) is 2.69. The Morgan fingerprint density at radius 1 is 0.706 bits per heavy atom. The first-order valence-corrected chi connectivity index (χ1v) is 8.73. The van der Waals surface area contributed by atoms with Crippen LogP contribution in [0.2, 0.25) is 0 Å². The SMILES string of the molecule is CCCCCCCCCC/C=C/SCCCC. The van der Waals surface area contributed by atoms with E-state index in [-0.39, 0.29) is 0 Å². The normalized spacial score (nSPS) is 11.4. The monoisotopic (exact) mass is 256 g/mol. The lowest BCUT2D eigenvalue weighted by atomic mass is 10.1. The van der Waals surface area contributed by atoms with Gasteiger partial charge in [-0.2, -0.15) is 0 Å². The van der Waals surface area contributed by atoms with E-state index in [4.69, 9.17) is 0 Å². The van der Waals surface area contributed by atoms with Gasteiger partial charge in [-0.1, -0.05) is 71.3 Å². The zero-order chi connectivity index (χ0) is 12.6. The Bertz CT molecular complexity index is 152. The summed E-state index contributed by atoms with van der Waals surface area (Å²) < 4.78 is 0. The molecule has 0 amide bonds. The predicted octanol–water partition coefficient (Wildman–Crippen LogP) is 6.56. The Hall–Kier alpha value is 0.0900. The number of allylic oxidation sites excluding steroid dienone is 1. The lowest BCUT2D eigenvalue weighted by molar-refractivity contribution is 0.578. The summed E-state index contributed by atoms with van der Waals surface area (Å²) in [5.41, 5.74) is 0. The molecule has 17 heavy (non-hydrogen) atoms. The Kier molecular flexibility index (Phi) is 16.2. The van der Waals surface area contributed by atoms with E-state index in [1.807, 2.05) is 11.8 Å². The average Bonchev–Trinajstić information content (AvgIpc) is 2.35. The van der Waals surface area contributed by atoms with Crippen molar-refractivity contribution in [2.75, 3.05) is 5.75 Å². The van der Waals surface area contributed by atoms with Gasteiger partial charge in [-0.25, -0.2) is 0 Å². The second kappa shape index (κ2) is 16.1. The number of hydrogen-bond acceptors (Lipinski definition) is 1. The average molecular weight is 256 g/mol. The molecule has 0 nitrogen and oxygen atoms in total. The van der Waals surface area contributed by atoms with Crippen molar-refractivity contribution in [1.29, 1.82) is 0 Å². The summed E-state index contributed by atoms with van der Waals surface area (Å²) in [4.78, 5) is 0. The largest absolute Gasteiger partial charge is 0.134 e. The Labute approximate surface area is 114 Å². The molecule has 0 aromatic carbocycles. The van der Waals surface area contributed by atoms with E-state index in [1.165, 1.54) is 76.4 Å². The number of thioether (sulfide) groups is 1. The zero-order valence-electron chi connectivity index (χ0n) is 12.0. The fourth-order valence-electron chi connectivity index (χ4n) is 1.83. The van der Waals surface area contributed by atoms with Crippen LogP contribution in [0.15, 0.2) is 11.5 Å². The molecule has 0 heterocycles. The van der Waals surface area contributed by atoms with Crippen molar-refractivity contribution in [1.82, 2.24) is 0 Å². The van der Waals surface area contributed by atoms with Crippen LogP contribution in [0.4, 0.5) is 0 Å². The van der Waals surface area contributed by atoms with Crippen molar-refractivity contribution in [2.45, 2.75) is 84.5 Å². The van der Waals surface area contributed by atoms with Crippen molar-refractivity contribution in [3.63, 3.8) is 0 Å². The third kappa shape index (κ3) is 16.1. The minimum Gasteiger partial charge on any atom is -0.134 e. The van der Waals surface area contributed by atoms with Crippen LogP contribution in [0, 0.1) is 0 Å². The Balaban J connectivity index is 2.97. The molecule has 0 saturated carbocycles. The molecular formula is C16H32S. The highest BCUT2D eigenvalue weighted by atomic mass is 32.2. The first-order valence-electron chi connectivity index (χ1n) is 7.68. The van der Waals surface area contributed by atoms with Gasteiger partial charge in [0.2, 0.25) is 0 Å². The maximum Gasteiger partial charge on any atom is -0.00262 e. The quantitative estimate of drug-likeness (QED) is 0.336. The lowest BCUT2D eigenvalue weighted by Crippen LogP contribution is -1.79. The first kappa shape index (κ1) is 17.1. The van der Waals surface area contributed by atoms with E-state index in [2.05, 4.69) is 25.3 Å². The van der Waals surface area contributed by atoms with Crippen LogP contribution in [0.5, 0.6) is 0 Å². The molecule has 0 radical (unpaired) electrons. The Morgan fingerprint density at radius 2 is 1.29 bits per heavy atom. The molecule has 1 heteroatoms.